The van der Waals surface area contributed by atoms with Gasteiger partial charge in [0.1, 0.15) is 5.75 Å². The van der Waals surface area contributed by atoms with Gasteiger partial charge >= 0.3 is 0 Å². The molecule has 0 aliphatic heterocycles. The van der Waals surface area contributed by atoms with Gasteiger partial charge in [0.2, 0.25) is 5.91 Å². The number of nitrogens with zero attached hydrogens (tertiary/aromatic N) is 2. The average Bonchev–Trinajstić information content (AvgIpc) is 2.75. The Kier molecular flexibility index (Phi) is 6.90. The summed E-state index contributed by atoms with van der Waals surface area (Å²) in [6.07, 6.45) is 7.82. The fourth-order valence-corrected chi connectivity index (χ4v) is 2.70. The number of carbonyl (C=O) groups excluding carboxylic acids is 1. The summed E-state index contributed by atoms with van der Waals surface area (Å²) < 4.78 is 19.8. The van der Waals surface area contributed by atoms with E-state index in [4.69, 9.17) is 4.74 Å². The first-order chi connectivity index (χ1) is 14.2. The van der Waals surface area contributed by atoms with Crippen molar-refractivity contribution in [2.75, 3.05) is 6.54 Å². The van der Waals surface area contributed by atoms with Crippen molar-refractivity contribution in [3.63, 3.8) is 0 Å². The molecule has 0 saturated heterocycles. The van der Waals surface area contributed by atoms with Crippen LogP contribution in [0.3, 0.4) is 0 Å². The lowest BCUT2D eigenvalue weighted by atomic mass is 10.2. The van der Waals surface area contributed by atoms with Gasteiger partial charge in [-0.2, -0.15) is 0 Å². The van der Waals surface area contributed by atoms with E-state index in [1.807, 2.05) is 30.3 Å². The summed E-state index contributed by atoms with van der Waals surface area (Å²) in [4.78, 5) is 18.2. The van der Waals surface area contributed by atoms with Crippen LogP contribution in [0.15, 0.2) is 91.8 Å². The molecule has 0 bridgehead atoms. The van der Waals surface area contributed by atoms with E-state index in [2.05, 4.69) is 11.6 Å². The second-order valence-corrected chi connectivity index (χ2v) is 6.31. The molecular weight excluding hydrogens is 367 g/mol. The molecule has 2 aromatic carbocycles. The van der Waals surface area contributed by atoms with Crippen molar-refractivity contribution in [1.29, 1.82) is 0 Å². The van der Waals surface area contributed by atoms with Crippen LogP contribution in [0.4, 0.5) is 4.39 Å². The Hall–Kier alpha value is -3.73. The lowest BCUT2D eigenvalue weighted by molar-refractivity contribution is -0.126. The van der Waals surface area contributed by atoms with E-state index in [0.29, 0.717) is 24.4 Å². The fourth-order valence-electron chi connectivity index (χ4n) is 2.70. The first kappa shape index (κ1) is 20.0. The number of rotatable bonds is 8. The molecule has 0 atom stereocenters. The van der Waals surface area contributed by atoms with Gasteiger partial charge in [-0.05, 0) is 41.5 Å². The molecule has 0 spiro atoms. The summed E-state index contributed by atoms with van der Waals surface area (Å²) in [6, 6.07) is 17.7. The van der Waals surface area contributed by atoms with Crippen LogP contribution in [0, 0.1) is 5.82 Å². The number of halogens is 1. The number of aromatic nitrogens is 1. The minimum absolute atomic E-state index is 0.0961. The van der Waals surface area contributed by atoms with Crippen molar-refractivity contribution in [2.24, 2.45) is 0 Å². The first-order valence-corrected chi connectivity index (χ1v) is 9.15. The van der Waals surface area contributed by atoms with Gasteiger partial charge in [0.05, 0.1) is 6.20 Å². The van der Waals surface area contributed by atoms with Crippen LogP contribution in [0.5, 0.6) is 11.5 Å². The maximum absolute atomic E-state index is 14.3. The average molecular weight is 388 g/mol. The summed E-state index contributed by atoms with van der Waals surface area (Å²) >= 11 is 0. The SMILES string of the molecule is C=CCN(Cc1ccccc1)C(=O)/C=C/c1ccc(Oc2cccnc2)c(F)c1. The first-order valence-electron chi connectivity index (χ1n) is 9.15. The van der Waals surface area contributed by atoms with Crippen molar-refractivity contribution >= 4 is 12.0 Å². The highest BCUT2D eigenvalue weighted by Crippen LogP contribution is 2.24. The standard InChI is InChI=1S/C24H21FN2O2/c1-2-15-27(18-20-7-4-3-5-8-20)24(28)13-11-19-10-12-23(22(25)16-19)29-21-9-6-14-26-17-21/h2-14,16-17H,1,15,18H2/b13-11+. The molecule has 29 heavy (non-hydrogen) atoms. The molecule has 1 aromatic heterocycles. The van der Waals surface area contributed by atoms with E-state index in [9.17, 15) is 9.18 Å². The van der Waals surface area contributed by atoms with Crippen molar-refractivity contribution in [1.82, 2.24) is 9.88 Å². The predicted octanol–water partition coefficient (Wildman–Crippen LogP) is 5.24. The van der Waals surface area contributed by atoms with E-state index >= 15 is 0 Å². The van der Waals surface area contributed by atoms with Crippen molar-refractivity contribution < 1.29 is 13.9 Å². The molecule has 5 heteroatoms. The van der Waals surface area contributed by atoms with E-state index in [1.54, 1.807) is 41.4 Å². The molecule has 1 heterocycles. The summed E-state index contributed by atoms with van der Waals surface area (Å²) in [5.41, 5.74) is 1.59. The largest absolute Gasteiger partial charge is 0.453 e. The highest BCUT2D eigenvalue weighted by molar-refractivity contribution is 5.91. The molecule has 3 aromatic rings. The number of carbonyl (C=O) groups is 1. The Morgan fingerprint density at radius 1 is 1.14 bits per heavy atom. The smallest absolute Gasteiger partial charge is 0.247 e. The van der Waals surface area contributed by atoms with Crippen molar-refractivity contribution in [2.45, 2.75) is 6.54 Å². The van der Waals surface area contributed by atoms with E-state index in [0.717, 1.165) is 5.56 Å². The molecule has 1 amide bonds. The number of amides is 1. The number of hydrogen-bond donors (Lipinski definition) is 0. The maximum atomic E-state index is 14.3. The summed E-state index contributed by atoms with van der Waals surface area (Å²) in [5.74, 6) is -0.148. The third kappa shape index (κ3) is 5.87. The van der Waals surface area contributed by atoms with Crippen LogP contribution in [0.2, 0.25) is 0 Å². The Morgan fingerprint density at radius 3 is 2.66 bits per heavy atom. The Labute approximate surface area is 169 Å². The predicted molar refractivity (Wildman–Crippen MR) is 112 cm³/mol. The number of hydrogen-bond acceptors (Lipinski definition) is 3. The molecule has 3 rings (SSSR count). The van der Waals surface area contributed by atoms with Gasteiger partial charge in [-0.3, -0.25) is 9.78 Å². The normalized spacial score (nSPS) is 10.7. The van der Waals surface area contributed by atoms with E-state index in [-0.39, 0.29) is 11.7 Å². The molecule has 146 valence electrons. The van der Waals surface area contributed by atoms with Crippen LogP contribution in [0.25, 0.3) is 6.08 Å². The van der Waals surface area contributed by atoms with Crippen LogP contribution >= 0.6 is 0 Å². The zero-order valence-corrected chi connectivity index (χ0v) is 15.9. The lowest BCUT2D eigenvalue weighted by Gasteiger charge is -2.19. The molecule has 0 aliphatic carbocycles. The maximum Gasteiger partial charge on any atom is 0.247 e. The zero-order chi connectivity index (χ0) is 20.5. The second-order valence-electron chi connectivity index (χ2n) is 6.31. The Balaban J connectivity index is 1.68. The van der Waals surface area contributed by atoms with Crippen LogP contribution in [0.1, 0.15) is 11.1 Å². The van der Waals surface area contributed by atoms with Gasteiger partial charge < -0.3 is 9.64 Å². The molecule has 0 radical (unpaired) electrons. The third-order valence-electron chi connectivity index (χ3n) is 4.11. The number of benzene rings is 2. The summed E-state index contributed by atoms with van der Waals surface area (Å²) in [6.45, 7) is 4.61. The number of pyridine rings is 1. The van der Waals surface area contributed by atoms with Crippen LogP contribution in [-0.4, -0.2) is 22.3 Å². The fraction of sp³-hybridized carbons (Fsp3) is 0.0833. The van der Waals surface area contributed by atoms with Crippen LogP contribution < -0.4 is 4.74 Å². The topological polar surface area (TPSA) is 42.4 Å². The summed E-state index contributed by atoms with van der Waals surface area (Å²) in [5, 5.41) is 0. The number of ether oxygens (including phenoxy) is 1. The molecule has 0 aliphatic rings. The van der Waals surface area contributed by atoms with Crippen molar-refractivity contribution in [3.8, 4) is 11.5 Å². The monoisotopic (exact) mass is 388 g/mol. The summed E-state index contributed by atoms with van der Waals surface area (Å²) in [7, 11) is 0. The molecule has 0 saturated carbocycles. The molecule has 4 nitrogen and oxygen atoms in total. The molecule has 0 unspecified atom stereocenters. The molecule has 0 fully saturated rings. The Morgan fingerprint density at radius 2 is 1.97 bits per heavy atom. The van der Waals surface area contributed by atoms with Crippen LogP contribution in [-0.2, 0) is 11.3 Å². The van der Waals surface area contributed by atoms with Gasteiger partial charge in [-0.15, -0.1) is 6.58 Å². The highest BCUT2D eigenvalue weighted by atomic mass is 19.1. The minimum atomic E-state index is -0.518. The zero-order valence-electron chi connectivity index (χ0n) is 15.9. The quantitative estimate of drug-likeness (QED) is 0.391. The second kappa shape index (κ2) is 9.99. The van der Waals surface area contributed by atoms with Gasteiger partial charge in [0.15, 0.2) is 11.6 Å². The molecular formula is C24H21FN2O2. The van der Waals surface area contributed by atoms with Gasteiger partial charge in [-0.1, -0.05) is 42.5 Å². The molecule has 0 N–H and O–H groups in total. The Bertz CT molecular complexity index is 988. The highest BCUT2D eigenvalue weighted by Gasteiger charge is 2.10. The van der Waals surface area contributed by atoms with Gasteiger partial charge in [-0.25, -0.2) is 4.39 Å². The lowest BCUT2D eigenvalue weighted by Crippen LogP contribution is -2.29. The van der Waals surface area contributed by atoms with E-state index < -0.39 is 5.82 Å². The minimum Gasteiger partial charge on any atom is -0.453 e. The van der Waals surface area contributed by atoms with E-state index in [1.165, 1.54) is 24.4 Å². The van der Waals surface area contributed by atoms with Crippen molar-refractivity contribution in [3.05, 3.63) is 109 Å². The van der Waals surface area contributed by atoms with Gasteiger partial charge in [0.25, 0.3) is 0 Å². The third-order valence-corrected chi connectivity index (χ3v) is 4.11. The van der Waals surface area contributed by atoms with Gasteiger partial charge in [0, 0.05) is 25.4 Å².